The van der Waals surface area contributed by atoms with Crippen molar-refractivity contribution in [3.05, 3.63) is 30.5 Å². The first-order valence-electron chi connectivity index (χ1n) is 6.65. The minimum atomic E-state index is -0.102. The zero-order valence-corrected chi connectivity index (χ0v) is 10.4. The van der Waals surface area contributed by atoms with Gasteiger partial charge in [0.05, 0.1) is 6.20 Å². The van der Waals surface area contributed by atoms with Crippen molar-refractivity contribution in [2.24, 2.45) is 0 Å². The van der Waals surface area contributed by atoms with Gasteiger partial charge in [-0.25, -0.2) is 9.97 Å². The van der Waals surface area contributed by atoms with Gasteiger partial charge in [-0.3, -0.25) is 4.79 Å². The molecule has 2 fully saturated rings. The molecule has 0 aliphatic carbocycles. The predicted octanol–water partition coefficient (Wildman–Crippen LogP) is 0.352. The monoisotopic (exact) mass is 257 g/mol. The lowest BCUT2D eigenvalue weighted by molar-refractivity contribution is 0.0925. The number of carbonyl (C=O) groups excluding carboxylic acids is 1. The molecule has 0 aromatic carbocycles. The lowest BCUT2D eigenvalue weighted by Crippen LogP contribution is -2.43. The zero-order valence-electron chi connectivity index (χ0n) is 10.4. The number of hydrogen-bond donors (Lipinski definition) is 2. The van der Waals surface area contributed by atoms with Crippen LogP contribution in [0.3, 0.4) is 0 Å². The molecule has 6 heteroatoms. The molecule has 2 aromatic heterocycles. The van der Waals surface area contributed by atoms with Crippen molar-refractivity contribution >= 4 is 11.6 Å². The molecule has 4 rings (SSSR count). The van der Waals surface area contributed by atoms with E-state index in [1.165, 1.54) is 6.42 Å². The van der Waals surface area contributed by atoms with Crippen LogP contribution in [0.4, 0.5) is 0 Å². The number of fused-ring (bicyclic) bond motifs is 3. The van der Waals surface area contributed by atoms with Gasteiger partial charge in [0.25, 0.3) is 5.91 Å². The maximum atomic E-state index is 12.2. The minimum absolute atomic E-state index is 0.102. The van der Waals surface area contributed by atoms with Gasteiger partial charge in [0.2, 0.25) is 0 Å². The van der Waals surface area contributed by atoms with Crippen molar-refractivity contribution in [3.63, 3.8) is 0 Å². The highest BCUT2D eigenvalue weighted by molar-refractivity contribution is 5.92. The third-order valence-corrected chi connectivity index (χ3v) is 4.13. The molecule has 6 nitrogen and oxygen atoms in total. The number of hydrogen-bond acceptors (Lipinski definition) is 4. The average Bonchev–Trinajstić information content (AvgIpc) is 3.13. The van der Waals surface area contributed by atoms with Gasteiger partial charge in [-0.15, -0.1) is 0 Å². The standard InChI is InChI=1S/C13H15N5O/c19-13(17-10-5-8-1-2-9(10)16-8)11-7-18-4-3-14-12(18)6-15-11/h3-4,6-10,16H,1-2,5H2,(H,17,19). The molecule has 1 amide bonds. The molecule has 2 aliphatic heterocycles. The summed E-state index contributed by atoms with van der Waals surface area (Å²) in [5.74, 6) is -0.102. The summed E-state index contributed by atoms with van der Waals surface area (Å²) in [4.78, 5) is 20.5. The second-order valence-electron chi connectivity index (χ2n) is 5.33. The van der Waals surface area contributed by atoms with Crippen molar-refractivity contribution < 1.29 is 4.79 Å². The Morgan fingerprint density at radius 3 is 3.16 bits per heavy atom. The number of amides is 1. The smallest absolute Gasteiger partial charge is 0.271 e. The number of aromatic nitrogens is 3. The molecular weight excluding hydrogens is 242 g/mol. The summed E-state index contributed by atoms with van der Waals surface area (Å²) < 4.78 is 1.81. The number of nitrogens with one attached hydrogen (secondary N) is 2. The van der Waals surface area contributed by atoms with Gasteiger partial charge >= 0.3 is 0 Å². The second kappa shape index (κ2) is 4.03. The molecule has 2 N–H and O–H groups in total. The van der Waals surface area contributed by atoms with Gasteiger partial charge in [-0.1, -0.05) is 0 Å². The van der Waals surface area contributed by atoms with E-state index in [-0.39, 0.29) is 11.9 Å². The molecule has 2 saturated heterocycles. The first kappa shape index (κ1) is 10.9. The van der Waals surface area contributed by atoms with Crippen molar-refractivity contribution in [1.82, 2.24) is 25.0 Å². The normalized spacial score (nSPS) is 28.9. The van der Waals surface area contributed by atoms with Gasteiger partial charge in [0.1, 0.15) is 5.69 Å². The zero-order chi connectivity index (χ0) is 12.8. The molecule has 0 saturated carbocycles. The molecule has 4 heterocycles. The fourth-order valence-electron chi connectivity index (χ4n) is 3.17. The van der Waals surface area contributed by atoms with Crippen LogP contribution in [0.1, 0.15) is 29.8 Å². The van der Waals surface area contributed by atoms with Gasteiger partial charge in [0, 0.05) is 36.7 Å². The van der Waals surface area contributed by atoms with Crippen LogP contribution in [0.25, 0.3) is 5.65 Å². The van der Waals surface area contributed by atoms with E-state index in [9.17, 15) is 4.79 Å². The Kier molecular flexibility index (Phi) is 2.32. The Balaban J connectivity index is 1.53. The van der Waals surface area contributed by atoms with E-state index < -0.39 is 0 Å². The Morgan fingerprint density at radius 2 is 2.37 bits per heavy atom. The largest absolute Gasteiger partial charge is 0.346 e. The van der Waals surface area contributed by atoms with Crippen molar-refractivity contribution in [2.75, 3.05) is 0 Å². The van der Waals surface area contributed by atoms with E-state index >= 15 is 0 Å². The molecule has 2 aliphatic rings. The summed E-state index contributed by atoms with van der Waals surface area (Å²) in [5.41, 5.74) is 1.19. The summed E-state index contributed by atoms with van der Waals surface area (Å²) in [6, 6.07) is 1.26. The third kappa shape index (κ3) is 1.79. The van der Waals surface area contributed by atoms with Crippen LogP contribution in [-0.4, -0.2) is 38.4 Å². The quantitative estimate of drug-likeness (QED) is 0.814. The highest BCUT2D eigenvalue weighted by Crippen LogP contribution is 2.28. The SMILES string of the molecule is O=C(NC1CC2CCC1N2)c1cn2ccnc2cn1. The van der Waals surface area contributed by atoms with Crippen LogP contribution < -0.4 is 10.6 Å². The molecule has 2 aromatic rings. The maximum absolute atomic E-state index is 12.2. The average molecular weight is 257 g/mol. The first-order valence-corrected chi connectivity index (χ1v) is 6.65. The molecular formula is C13H15N5O. The highest BCUT2D eigenvalue weighted by Gasteiger charge is 2.39. The topological polar surface area (TPSA) is 71.3 Å². The lowest BCUT2D eigenvalue weighted by Gasteiger charge is -2.21. The number of rotatable bonds is 2. The van der Waals surface area contributed by atoms with E-state index in [0.717, 1.165) is 18.5 Å². The van der Waals surface area contributed by atoms with E-state index in [2.05, 4.69) is 20.6 Å². The number of nitrogens with zero attached hydrogens (tertiary/aromatic N) is 3. The first-order chi connectivity index (χ1) is 9.29. The summed E-state index contributed by atoms with van der Waals surface area (Å²) in [6.45, 7) is 0. The number of imidazole rings is 1. The van der Waals surface area contributed by atoms with Crippen LogP contribution in [0.15, 0.2) is 24.8 Å². The van der Waals surface area contributed by atoms with Crippen LogP contribution in [0, 0.1) is 0 Å². The summed E-state index contributed by atoms with van der Waals surface area (Å²) >= 11 is 0. The van der Waals surface area contributed by atoms with E-state index in [4.69, 9.17) is 0 Å². The van der Waals surface area contributed by atoms with Gasteiger partial charge in [-0.2, -0.15) is 0 Å². The van der Waals surface area contributed by atoms with E-state index in [1.54, 1.807) is 23.0 Å². The van der Waals surface area contributed by atoms with Gasteiger partial charge < -0.3 is 15.0 Å². The molecule has 3 unspecified atom stereocenters. The van der Waals surface area contributed by atoms with Crippen LogP contribution in [0.2, 0.25) is 0 Å². The van der Waals surface area contributed by atoms with Crippen molar-refractivity contribution in [1.29, 1.82) is 0 Å². The molecule has 2 bridgehead atoms. The molecule has 0 spiro atoms. The van der Waals surface area contributed by atoms with Crippen molar-refractivity contribution in [3.8, 4) is 0 Å². The molecule has 3 atom stereocenters. The van der Waals surface area contributed by atoms with Crippen molar-refractivity contribution in [2.45, 2.75) is 37.4 Å². The molecule has 98 valence electrons. The Bertz CT molecular complexity index is 637. The van der Waals surface area contributed by atoms with Gasteiger partial charge in [0.15, 0.2) is 5.65 Å². The van der Waals surface area contributed by atoms with Crippen LogP contribution in [-0.2, 0) is 0 Å². The fourth-order valence-corrected chi connectivity index (χ4v) is 3.17. The summed E-state index contributed by atoms with van der Waals surface area (Å²) in [7, 11) is 0. The second-order valence-corrected chi connectivity index (χ2v) is 5.33. The lowest BCUT2D eigenvalue weighted by atomic mass is 9.95. The highest BCUT2D eigenvalue weighted by atomic mass is 16.2. The minimum Gasteiger partial charge on any atom is -0.346 e. The summed E-state index contributed by atoms with van der Waals surface area (Å²) in [5, 5.41) is 6.60. The van der Waals surface area contributed by atoms with Gasteiger partial charge in [-0.05, 0) is 19.3 Å². The summed E-state index contributed by atoms with van der Waals surface area (Å²) in [6.07, 6.45) is 10.3. The van der Waals surface area contributed by atoms with E-state index in [1.807, 2.05) is 6.20 Å². The van der Waals surface area contributed by atoms with Crippen LogP contribution in [0.5, 0.6) is 0 Å². The maximum Gasteiger partial charge on any atom is 0.271 e. The Morgan fingerprint density at radius 1 is 1.42 bits per heavy atom. The van der Waals surface area contributed by atoms with E-state index in [0.29, 0.717) is 17.8 Å². The molecule has 19 heavy (non-hydrogen) atoms. The Labute approximate surface area is 110 Å². The van der Waals surface area contributed by atoms with Crippen LogP contribution >= 0.6 is 0 Å². The number of carbonyl (C=O) groups is 1. The fraction of sp³-hybridized carbons (Fsp3) is 0.462. The predicted molar refractivity (Wildman–Crippen MR) is 68.8 cm³/mol. The molecule has 0 radical (unpaired) electrons. The third-order valence-electron chi connectivity index (χ3n) is 4.13. The Hall–Kier alpha value is -1.95.